The van der Waals surface area contributed by atoms with Crippen molar-refractivity contribution in [3.63, 3.8) is 0 Å². The minimum atomic E-state index is -0.443. The third kappa shape index (κ3) is 6.01. The number of fused-ring (bicyclic) bond motifs is 1. The number of hydrogen-bond acceptors (Lipinski definition) is 5. The number of ether oxygens (including phenoxy) is 1. The largest absolute Gasteiger partial charge is 0.496 e. The molecule has 2 heterocycles. The van der Waals surface area contributed by atoms with Crippen molar-refractivity contribution >= 4 is 17.1 Å². The summed E-state index contributed by atoms with van der Waals surface area (Å²) in [7, 11) is 1.62. The number of methoxy groups -OCH3 is 1. The number of unbranched alkanes of at least 4 members (excludes halogenated alkanes) is 2. The minimum Gasteiger partial charge on any atom is -0.496 e. The van der Waals surface area contributed by atoms with Crippen molar-refractivity contribution in [1.82, 2.24) is 24.4 Å². The Morgan fingerprint density at radius 3 is 2.49 bits per heavy atom. The summed E-state index contributed by atoms with van der Waals surface area (Å²) in [4.78, 5) is 45.2. The number of amides is 1. The quantitative estimate of drug-likeness (QED) is 0.409. The molecule has 9 heteroatoms. The average Bonchev–Trinajstić information content (AvgIpc) is 3.19. The van der Waals surface area contributed by atoms with Gasteiger partial charge >= 0.3 is 5.69 Å². The highest BCUT2D eigenvalue weighted by atomic mass is 16.5. The second-order valence-electron chi connectivity index (χ2n) is 9.00. The highest BCUT2D eigenvalue weighted by Crippen LogP contribution is 2.26. The smallest absolute Gasteiger partial charge is 0.330 e. The monoisotopic (exact) mass is 483 g/mol. The summed E-state index contributed by atoms with van der Waals surface area (Å²) in [5.41, 5.74) is 1.94. The molecule has 0 saturated heterocycles. The maximum Gasteiger partial charge on any atom is 0.330 e. The Morgan fingerprint density at radius 2 is 1.83 bits per heavy atom. The number of rotatable bonds is 12. The molecule has 0 aliphatic carbocycles. The zero-order valence-electron chi connectivity index (χ0n) is 21.4. The highest BCUT2D eigenvalue weighted by molar-refractivity contribution is 5.77. The topological polar surface area (TPSA) is 111 Å². The van der Waals surface area contributed by atoms with Gasteiger partial charge in [0.1, 0.15) is 11.6 Å². The van der Waals surface area contributed by atoms with Crippen LogP contribution in [0.2, 0.25) is 0 Å². The molecule has 2 N–H and O–H groups in total. The number of H-pyrrole nitrogens is 1. The standard InChI is InChI=1S/C26H37N5O4/c1-6-8-14-30-21(28-24-23(30)25(33)29-26(34)31(24)15-9-7-2)12-13-22(32)27-18(4)19-16-17(3)10-11-20(19)35-5/h10-11,16,18H,6-9,12-15H2,1-5H3,(H,27,32)(H,29,33,34)/t18-/m1/s1. The van der Waals surface area contributed by atoms with E-state index in [1.54, 1.807) is 11.7 Å². The van der Waals surface area contributed by atoms with E-state index in [9.17, 15) is 14.4 Å². The van der Waals surface area contributed by atoms with Gasteiger partial charge in [-0.3, -0.25) is 19.1 Å². The predicted molar refractivity (Wildman–Crippen MR) is 137 cm³/mol. The molecule has 0 radical (unpaired) electrons. The van der Waals surface area contributed by atoms with Crippen LogP contribution in [0.1, 0.15) is 75.9 Å². The van der Waals surface area contributed by atoms with Crippen molar-refractivity contribution in [2.75, 3.05) is 7.11 Å². The van der Waals surface area contributed by atoms with E-state index in [2.05, 4.69) is 17.2 Å². The van der Waals surface area contributed by atoms with Gasteiger partial charge in [-0.25, -0.2) is 9.78 Å². The van der Waals surface area contributed by atoms with Crippen molar-refractivity contribution in [3.05, 3.63) is 56.0 Å². The molecule has 0 unspecified atom stereocenters. The summed E-state index contributed by atoms with van der Waals surface area (Å²) in [5.74, 6) is 1.26. The van der Waals surface area contributed by atoms with Gasteiger partial charge < -0.3 is 14.6 Å². The summed E-state index contributed by atoms with van der Waals surface area (Å²) in [6, 6.07) is 5.66. The van der Waals surface area contributed by atoms with E-state index >= 15 is 0 Å². The van der Waals surface area contributed by atoms with E-state index in [-0.39, 0.29) is 18.4 Å². The lowest BCUT2D eigenvalue weighted by Gasteiger charge is -2.18. The molecule has 0 aliphatic rings. The fourth-order valence-electron chi connectivity index (χ4n) is 4.30. The van der Waals surface area contributed by atoms with E-state index in [0.717, 1.165) is 42.6 Å². The fourth-order valence-corrected chi connectivity index (χ4v) is 4.30. The SMILES string of the molecule is CCCCn1c(CCC(=O)N[C@H](C)c2cc(C)ccc2OC)nc2c1c(=O)[nH]c(=O)n2CCCC. The third-order valence-corrected chi connectivity index (χ3v) is 6.24. The molecule has 1 amide bonds. The molecule has 2 aromatic heterocycles. The number of hydrogen-bond donors (Lipinski definition) is 2. The van der Waals surface area contributed by atoms with Gasteiger partial charge in [0.2, 0.25) is 5.91 Å². The first-order valence-corrected chi connectivity index (χ1v) is 12.5. The van der Waals surface area contributed by atoms with E-state index in [4.69, 9.17) is 9.72 Å². The van der Waals surface area contributed by atoms with Crippen LogP contribution in [0.15, 0.2) is 27.8 Å². The van der Waals surface area contributed by atoms with Crippen LogP contribution in [0.5, 0.6) is 5.75 Å². The van der Waals surface area contributed by atoms with E-state index in [1.807, 2.05) is 43.5 Å². The number of carbonyl (C=O) groups excluding carboxylic acids is 1. The molecule has 190 valence electrons. The van der Waals surface area contributed by atoms with Crippen LogP contribution in [-0.2, 0) is 24.3 Å². The number of aromatic nitrogens is 4. The maximum absolute atomic E-state index is 12.8. The summed E-state index contributed by atoms with van der Waals surface area (Å²) >= 11 is 0. The van der Waals surface area contributed by atoms with Gasteiger partial charge in [-0.1, -0.05) is 44.4 Å². The summed E-state index contributed by atoms with van der Waals surface area (Å²) < 4.78 is 8.87. The predicted octanol–water partition coefficient (Wildman–Crippen LogP) is 3.61. The van der Waals surface area contributed by atoms with Gasteiger partial charge in [0.05, 0.1) is 13.2 Å². The Hall–Kier alpha value is -3.36. The zero-order valence-corrected chi connectivity index (χ0v) is 21.4. The molecule has 1 aromatic carbocycles. The van der Waals surface area contributed by atoms with Crippen molar-refractivity contribution in [3.8, 4) is 5.75 Å². The first kappa shape index (κ1) is 26.2. The number of imidazole rings is 1. The summed E-state index contributed by atoms with van der Waals surface area (Å²) in [6.07, 6.45) is 4.11. The molecule has 35 heavy (non-hydrogen) atoms. The molecule has 1 atom stereocenters. The average molecular weight is 484 g/mol. The van der Waals surface area contributed by atoms with E-state index in [0.29, 0.717) is 36.5 Å². The maximum atomic E-state index is 12.8. The zero-order chi connectivity index (χ0) is 25.5. The Morgan fingerprint density at radius 1 is 1.14 bits per heavy atom. The Bertz CT molecular complexity index is 1290. The Balaban J connectivity index is 1.85. The molecule has 0 saturated carbocycles. The second-order valence-corrected chi connectivity index (χ2v) is 9.00. The first-order valence-electron chi connectivity index (χ1n) is 12.5. The first-order chi connectivity index (χ1) is 16.8. The number of aromatic amines is 1. The van der Waals surface area contributed by atoms with Crippen LogP contribution < -0.4 is 21.3 Å². The highest BCUT2D eigenvalue weighted by Gasteiger charge is 2.20. The minimum absolute atomic E-state index is 0.118. The number of aryl methyl sites for hydroxylation is 4. The van der Waals surface area contributed by atoms with Crippen molar-refractivity contribution < 1.29 is 9.53 Å². The van der Waals surface area contributed by atoms with Gasteiger partial charge in [-0.2, -0.15) is 0 Å². The molecule has 0 aliphatic heterocycles. The molecular weight excluding hydrogens is 446 g/mol. The third-order valence-electron chi connectivity index (χ3n) is 6.24. The number of nitrogens with zero attached hydrogens (tertiary/aromatic N) is 3. The van der Waals surface area contributed by atoms with Crippen molar-refractivity contribution in [2.24, 2.45) is 0 Å². The van der Waals surface area contributed by atoms with Crippen LogP contribution in [0, 0.1) is 6.92 Å². The van der Waals surface area contributed by atoms with Crippen LogP contribution in [-0.4, -0.2) is 32.1 Å². The molecule has 0 fully saturated rings. The lowest BCUT2D eigenvalue weighted by atomic mass is 10.0. The lowest BCUT2D eigenvalue weighted by Crippen LogP contribution is -2.31. The molecule has 0 bridgehead atoms. The van der Waals surface area contributed by atoms with Gasteiger partial charge in [0.25, 0.3) is 5.56 Å². The number of benzene rings is 1. The van der Waals surface area contributed by atoms with Crippen LogP contribution in [0.25, 0.3) is 11.2 Å². The summed E-state index contributed by atoms with van der Waals surface area (Å²) in [5, 5.41) is 3.05. The van der Waals surface area contributed by atoms with Crippen LogP contribution >= 0.6 is 0 Å². The Labute approximate surface area is 205 Å². The van der Waals surface area contributed by atoms with E-state index < -0.39 is 11.2 Å². The Kier molecular flexibility index (Phi) is 8.89. The van der Waals surface area contributed by atoms with Gasteiger partial charge in [-0.05, 0) is 32.8 Å². The fraction of sp³-hybridized carbons (Fsp3) is 0.538. The van der Waals surface area contributed by atoms with Gasteiger partial charge in [0, 0.05) is 31.5 Å². The lowest BCUT2D eigenvalue weighted by molar-refractivity contribution is -0.121. The normalized spacial score (nSPS) is 12.1. The van der Waals surface area contributed by atoms with Crippen molar-refractivity contribution in [1.29, 1.82) is 0 Å². The molecule has 3 rings (SSSR count). The van der Waals surface area contributed by atoms with Crippen molar-refractivity contribution in [2.45, 2.75) is 85.4 Å². The number of nitrogens with one attached hydrogen (secondary N) is 2. The number of carbonyl (C=O) groups is 1. The second kappa shape index (κ2) is 11.9. The van der Waals surface area contributed by atoms with Gasteiger partial charge in [0.15, 0.2) is 11.2 Å². The molecular formula is C26H37N5O4. The molecule has 0 spiro atoms. The molecule has 9 nitrogen and oxygen atoms in total. The van der Waals surface area contributed by atoms with Crippen LogP contribution in [0.4, 0.5) is 0 Å². The molecule has 3 aromatic rings. The van der Waals surface area contributed by atoms with Gasteiger partial charge in [-0.15, -0.1) is 0 Å². The van der Waals surface area contributed by atoms with E-state index in [1.165, 1.54) is 0 Å². The summed E-state index contributed by atoms with van der Waals surface area (Å²) in [6.45, 7) is 9.15. The van der Waals surface area contributed by atoms with Crippen LogP contribution in [0.3, 0.4) is 0 Å².